The second-order valence-electron chi connectivity index (χ2n) is 7.99. The Labute approximate surface area is 163 Å². The first-order chi connectivity index (χ1) is 12.2. The monoisotopic (exact) mass is 397 g/mol. The van der Waals surface area contributed by atoms with Crippen molar-refractivity contribution in [3.63, 3.8) is 0 Å². The van der Waals surface area contributed by atoms with Crippen LogP contribution in [0.3, 0.4) is 0 Å². The molecular weight excluding hydrogens is 358 g/mol. The average molecular weight is 398 g/mol. The van der Waals surface area contributed by atoms with Crippen molar-refractivity contribution in [2.24, 2.45) is 0 Å². The zero-order valence-electron chi connectivity index (χ0n) is 17.9. The Morgan fingerprint density at radius 1 is 0.962 bits per heavy atom. The van der Waals surface area contributed by atoms with Crippen LogP contribution in [0, 0.1) is 0 Å². The van der Waals surface area contributed by atoms with Gasteiger partial charge in [0.05, 0.1) is 0 Å². The van der Waals surface area contributed by atoms with E-state index in [1.165, 1.54) is 5.69 Å². The van der Waals surface area contributed by atoms with Gasteiger partial charge in [-0.05, 0) is 52.8 Å². The van der Waals surface area contributed by atoms with Crippen LogP contribution in [0.1, 0.15) is 34.6 Å². The van der Waals surface area contributed by atoms with Crippen LogP contribution in [0.5, 0.6) is 0 Å². The number of rotatable bonds is 12. The molecule has 0 heterocycles. The van der Waals surface area contributed by atoms with E-state index in [1.807, 2.05) is 13.8 Å². The fourth-order valence-corrected chi connectivity index (χ4v) is 6.25. The summed E-state index contributed by atoms with van der Waals surface area (Å²) in [5.74, 6) is 0. The molecule has 0 atom stereocenters. The van der Waals surface area contributed by atoms with E-state index in [2.05, 4.69) is 69.1 Å². The Morgan fingerprint density at radius 2 is 1.54 bits per heavy atom. The predicted octanol–water partition coefficient (Wildman–Crippen LogP) is 4.81. The van der Waals surface area contributed by atoms with Gasteiger partial charge in [0.1, 0.15) is 0 Å². The molecule has 150 valence electrons. The van der Waals surface area contributed by atoms with Gasteiger partial charge in [-0.15, -0.1) is 0 Å². The lowest BCUT2D eigenvalue weighted by molar-refractivity contribution is 0.0715. The molecule has 4 nitrogen and oxygen atoms in total. The Hall–Kier alpha value is -0.666. The van der Waals surface area contributed by atoms with Gasteiger partial charge >= 0.3 is 8.80 Å². The van der Waals surface area contributed by atoms with Crippen LogP contribution in [0.25, 0.3) is 0 Å². The van der Waals surface area contributed by atoms with Gasteiger partial charge in [0.2, 0.25) is 0 Å². The third kappa shape index (κ3) is 7.92. The lowest BCUT2D eigenvalue weighted by Gasteiger charge is -2.40. The Bertz CT molecular complexity index is 486. The summed E-state index contributed by atoms with van der Waals surface area (Å²) in [5, 5.41) is 0. The van der Waals surface area contributed by atoms with E-state index in [4.69, 9.17) is 13.3 Å². The van der Waals surface area contributed by atoms with Gasteiger partial charge < -0.3 is 18.2 Å². The molecule has 0 amide bonds. The summed E-state index contributed by atoms with van der Waals surface area (Å²) >= 11 is 0. The fourth-order valence-electron chi connectivity index (χ4n) is 2.94. The summed E-state index contributed by atoms with van der Waals surface area (Å²) in [5.41, 5.74) is 1.25. The van der Waals surface area contributed by atoms with Crippen LogP contribution in [-0.4, -0.2) is 49.5 Å². The largest absolute Gasteiger partial charge is 0.502 e. The molecule has 0 bridgehead atoms. The Kier molecular flexibility index (Phi) is 10.1. The fraction of sp³-hybridized carbons (Fsp3) is 0.700. The van der Waals surface area contributed by atoms with Gasteiger partial charge in [0.25, 0.3) is 0 Å². The van der Waals surface area contributed by atoms with E-state index < -0.39 is 17.6 Å². The van der Waals surface area contributed by atoms with Gasteiger partial charge in [0, 0.05) is 52.4 Å². The van der Waals surface area contributed by atoms with Crippen molar-refractivity contribution in [3.05, 3.63) is 30.3 Å². The molecule has 26 heavy (non-hydrogen) atoms. The van der Waals surface area contributed by atoms with Crippen molar-refractivity contribution in [2.45, 2.75) is 65.3 Å². The maximum Gasteiger partial charge on any atom is 0.502 e. The molecule has 0 aliphatic carbocycles. The number of hydrogen-bond acceptors (Lipinski definition) is 4. The van der Waals surface area contributed by atoms with Gasteiger partial charge in [-0.3, -0.25) is 0 Å². The SMILES string of the molecule is CCO[Si](CCN(c1ccccc1)C(C)(C)C)(OCC)OCC[SiH](C)C. The molecule has 0 aliphatic heterocycles. The second-order valence-corrected chi connectivity index (χ2v) is 14.1. The summed E-state index contributed by atoms with van der Waals surface area (Å²) in [4.78, 5) is 2.42. The lowest BCUT2D eigenvalue weighted by atomic mass is 10.0. The van der Waals surface area contributed by atoms with Crippen LogP contribution in [0.4, 0.5) is 5.69 Å². The Morgan fingerprint density at radius 3 is 2.00 bits per heavy atom. The molecule has 0 saturated carbocycles. The minimum atomic E-state index is -2.66. The molecule has 0 aliphatic rings. The molecule has 0 spiro atoms. The van der Waals surface area contributed by atoms with Gasteiger partial charge in [0.15, 0.2) is 0 Å². The molecule has 1 aromatic rings. The van der Waals surface area contributed by atoms with Gasteiger partial charge in [-0.2, -0.15) is 0 Å². The minimum Gasteiger partial charge on any atom is -0.374 e. The highest BCUT2D eigenvalue weighted by molar-refractivity contribution is 6.61. The first-order valence-corrected chi connectivity index (χ1v) is 15.0. The highest BCUT2D eigenvalue weighted by atomic mass is 28.4. The van der Waals surface area contributed by atoms with E-state index in [1.54, 1.807) is 0 Å². The van der Waals surface area contributed by atoms with Crippen LogP contribution < -0.4 is 4.90 Å². The normalized spacial score (nSPS) is 12.6. The average Bonchev–Trinajstić information content (AvgIpc) is 2.55. The third-order valence-corrected chi connectivity index (χ3v) is 8.59. The molecule has 0 fully saturated rings. The van der Waals surface area contributed by atoms with Crippen LogP contribution in [-0.2, 0) is 13.3 Å². The summed E-state index contributed by atoms with van der Waals surface area (Å²) < 4.78 is 18.6. The van der Waals surface area contributed by atoms with E-state index in [9.17, 15) is 0 Å². The number of nitrogens with zero attached hydrogens (tertiary/aromatic N) is 1. The third-order valence-electron chi connectivity index (χ3n) is 4.26. The van der Waals surface area contributed by atoms with Gasteiger partial charge in [-0.1, -0.05) is 31.3 Å². The topological polar surface area (TPSA) is 30.9 Å². The van der Waals surface area contributed by atoms with Crippen molar-refractivity contribution < 1.29 is 13.3 Å². The number of benzene rings is 1. The Balaban J connectivity index is 2.92. The first-order valence-electron chi connectivity index (χ1n) is 9.98. The molecular formula is C20H39NO3Si2. The zero-order valence-corrected chi connectivity index (χ0v) is 20.0. The maximum atomic E-state index is 6.32. The van der Waals surface area contributed by atoms with Gasteiger partial charge in [-0.25, -0.2) is 0 Å². The predicted molar refractivity (Wildman–Crippen MR) is 117 cm³/mol. The summed E-state index contributed by atoms with van der Waals surface area (Å²) in [7, 11) is -3.30. The molecule has 0 saturated heterocycles. The van der Waals surface area contributed by atoms with E-state index >= 15 is 0 Å². The van der Waals surface area contributed by atoms with Crippen molar-refractivity contribution in [3.8, 4) is 0 Å². The van der Waals surface area contributed by atoms with Crippen molar-refractivity contribution in [1.29, 1.82) is 0 Å². The molecule has 0 N–H and O–H groups in total. The minimum absolute atomic E-state index is 0.0186. The molecule has 0 radical (unpaired) electrons. The summed E-state index contributed by atoms with van der Waals surface area (Å²) in [6.45, 7) is 18.4. The number of para-hydroxylation sites is 1. The lowest BCUT2D eigenvalue weighted by Crippen LogP contribution is -2.51. The highest BCUT2D eigenvalue weighted by Gasteiger charge is 2.41. The molecule has 6 heteroatoms. The maximum absolute atomic E-state index is 6.32. The molecule has 0 aromatic heterocycles. The quantitative estimate of drug-likeness (QED) is 0.474. The first kappa shape index (κ1) is 23.4. The van der Waals surface area contributed by atoms with E-state index in [0.717, 1.165) is 25.2 Å². The molecule has 1 aromatic carbocycles. The second kappa shape index (κ2) is 11.2. The van der Waals surface area contributed by atoms with E-state index in [-0.39, 0.29) is 5.54 Å². The standard InChI is InChI=1S/C20H39NO3Si2/c1-8-22-26(23-9-2,24-16-17-25(6)7)18-15-21(20(3,4)5)19-13-11-10-12-14-19/h10-14,25H,8-9,15-18H2,1-7H3. The molecule has 1 rings (SSSR count). The molecule has 0 unspecified atom stereocenters. The smallest absolute Gasteiger partial charge is 0.374 e. The summed E-state index contributed by atoms with van der Waals surface area (Å²) in [6, 6.07) is 12.5. The van der Waals surface area contributed by atoms with E-state index in [0.29, 0.717) is 13.2 Å². The number of anilines is 1. The van der Waals surface area contributed by atoms with Crippen molar-refractivity contribution >= 4 is 23.3 Å². The van der Waals surface area contributed by atoms with Crippen LogP contribution in [0.15, 0.2) is 30.3 Å². The zero-order chi connectivity index (χ0) is 19.6. The van der Waals surface area contributed by atoms with Crippen LogP contribution >= 0.6 is 0 Å². The van der Waals surface area contributed by atoms with Crippen LogP contribution in [0.2, 0.25) is 25.2 Å². The summed E-state index contributed by atoms with van der Waals surface area (Å²) in [6.07, 6.45) is 0. The van der Waals surface area contributed by atoms with Crippen molar-refractivity contribution in [2.75, 3.05) is 31.3 Å². The van der Waals surface area contributed by atoms with Crippen molar-refractivity contribution in [1.82, 2.24) is 0 Å². The highest BCUT2D eigenvalue weighted by Crippen LogP contribution is 2.26. The number of hydrogen-bond donors (Lipinski definition) is 0.